The van der Waals surface area contributed by atoms with Gasteiger partial charge in [0, 0.05) is 10.7 Å². The van der Waals surface area contributed by atoms with Gasteiger partial charge in [-0.25, -0.2) is 0 Å². The smallest absolute Gasteiger partial charge is 0.165 e. The molecule has 2 bridgehead atoms. The number of hydrogen-bond acceptors (Lipinski definition) is 1. The number of alkyl halides is 1. The van der Waals surface area contributed by atoms with Crippen LogP contribution in [0.3, 0.4) is 0 Å². The molecule has 0 aromatic heterocycles. The van der Waals surface area contributed by atoms with Gasteiger partial charge in [0.1, 0.15) is 0 Å². The first kappa shape index (κ1) is 15.0. The zero-order valence-corrected chi connectivity index (χ0v) is 14.7. The Morgan fingerprint density at radius 2 is 1.90 bits per heavy atom. The van der Waals surface area contributed by atoms with E-state index in [-0.39, 0.29) is 10.8 Å². The lowest BCUT2D eigenvalue weighted by Crippen LogP contribution is -2.32. The normalized spacial score (nSPS) is 32.1. The molecule has 2 atom stereocenters. The molecule has 2 unspecified atom stereocenters. The molecular formula is C19H23BrO. The summed E-state index contributed by atoms with van der Waals surface area (Å²) < 4.78 is 0. The number of hydrogen-bond donors (Lipinski definition) is 0. The first-order valence-electron chi connectivity index (χ1n) is 7.81. The number of aryl methyl sites for hydroxylation is 1. The molecule has 2 heteroatoms. The lowest BCUT2D eigenvalue weighted by molar-refractivity contribution is -0.125. The first-order valence-corrected chi connectivity index (χ1v) is 8.93. The number of benzene rings is 1. The average Bonchev–Trinajstić information content (AvgIpc) is 2.75. The maximum absolute atomic E-state index is 12.8. The predicted octanol–water partition coefficient (Wildman–Crippen LogP) is 5.03. The van der Waals surface area contributed by atoms with Crippen molar-refractivity contribution in [2.24, 2.45) is 16.7 Å². The molecule has 112 valence electrons. The van der Waals surface area contributed by atoms with Crippen LogP contribution in [-0.2, 0) is 11.2 Å². The number of allylic oxidation sites excluding steroid dienone is 1. The summed E-state index contributed by atoms with van der Waals surface area (Å²) in [6.07, 6.45) is 5.38. The van der Waals surface area contributed by atoms with Crippen molar-refractivity contribution >= 4 is 27.8 Å². The summed E-state index contributed by atoms with van der Waals surface area (Å²) in [6, 6.07) is 8.61. The summed E-state index contributed by atoms with van der Waals surface area (Å²) in [5, 5.41) is 0.987. The summed E-state index contributed by atoms with van der Waals surface area (Å²) in [5.74, 6) is 0.811. The van der Waals surface area contributed by atoms with Crippen LogP contribution in [0, 0.1) is 16.7 Å². The largest absolute Gasteiger partial charge is 0.294 e. The van der Waals surface area contributed by atoms with E-state index in [1.165, 1.54) is 5.56 Å². The fraction of sp³-hybridized carbons (Fsp3) is 0.526. The minimum atomic E-state index is -0.153. The minimum absolute atomic E-state index is 0.103. The molecule has 1 aromatic carbocycles. The number of ketones is 1. The van der Waals surface area contributed by atoms with Crippen molar-refractivity contribution in [1.29, 1.82) is 0 Å². The third kappa shape index (κ3) is 2.14. The van der Waals surface area contributed by atoms with E-state index in [9.17, 15) is 4.79 Å². The topological polar surface area (TPSA) is 17.1 Å². The molecule has 1 aromatic rings. The van der Waals surface area contributed by atoms with E-state index in [1.807, 2.05) is 0 Å². The molecule has 0 amide bonds. The quantitative estimate of drug-likeness (QED) is 0.553. The average molecular weight is 347 g/mol. The molecule has 21 heavy (non-hydrogen) atoms. The van der Waals surface area contributed by atoms with Gasteiger partial charge in [-0.3, -0.25) is 4.79 Å². The van der Waals surface area contributed by atoms with Crippen LogP contribution in [0.2, 0.25) is 0 Å². The molecule has 2 aliphatic rings. The van der Waals surface area contributed by atoms with Gasteiger partial charge >= 0.3 is 0 Å². The van der Waals surface area contributed by atoms with E-state index >= 15 is 0 Å². The summed E-state index contributed by atoms with van der Waals surface area (Å²) in [6.45, 7) is 6.69. The van der Waals surface area contributed by atoms with E-state index in [4.69, 9.17) is 0 Å². The van der Waals surface area contributed by atoms with Gasteiger partial charge in [0.05, 0.1) is 0 Å². The highest BCUT2D eigenvalue weighted by molar-refractivity contribution is 9.09. The van der Waals surface area contributed by atoms with Crippen LogP contribution in [0.25, 0.3) is 6.08 Å². The third-order valence-corrected chi connectivity index (χ3v) is 6.45. The van der Waals surface area contributed by atoms with E-state index in [0.29, 0.717) is 11.7 Å². The van der Waals surface area contributed by atoms with Crippen LogP contribution in [0.1, 0.15) is 44.7 Å². The van der Waals surface area contributed by atoms with Crippen molar-refractivity contribution in [1.82, 2.24) is 0 Å². The van der Waals surface area contributed by atoms with E-state index in [0.717, 1.165) is 35.7 Å². The maximum Gasteiger partial charge on any atom is 0.165 e. The summed E-state index contributed by atoms with van der Waals surface area (Å²) in [5.41, 5.74) is 3.50. The molecule has 2 aliphatic carbocycles. The Hall–Kier alpha value is -0.890. The third-order valence-electron chi connectivity index (χ3n) is 6.05. The van der Waals surface area contributed by atoms with E-state index in [1.54, 1.807) is 0 Å². The summed E-state index contributed by atoms with van der Waals surface area (Å²) in [7, 11) is 0. The van der Waals surface area contributed by atoms with Crippen LogP contribution in [0.4, 0.5) is 0 Å². The standard InChI is InChI=1S/C19H23BrO/c1-18(2)16-8-10-19(18,3)17(21)15(16)12-14-6-4-13(5-7-14)9-11-20/h4-7,12,16H,8-11H2,1-3H3. The Bertz CT molecular complexity index is 596. The number of rotatable bonds is 3. The van der Waals surface area contributed by atoms with Gasteiger partial charge in [0.2, 0.25) is 0 Å². The Balaban J connectivity index is 1.92. The predicted molar refractivity (Wildman–Crippen MR) is 91.5 cm³/mol. The molecular weight excluding hydrogens is 324 g/mol. The molecule has 0 radical (unpaired) electrons. The van der Waals surface area contributed by atoms with Crippen LogP contribution in [-0.4, -0.2) is 11.1 Å². The van der Waals surface area contributed by atoms with Crippen molar-refractivity contribution in [3.05, 3.63) is 41.0 Å². The van der Waals surface area contributed by atoms with Gasteiger partial charge in [0.25, 0.3) is 0 Å². The maximum atomic E-state index is 12.8. The number of carbonyl (C=O) groups is 1. The van der Waals surface area contributed by atoms with Crippen LogP contribution >= 0.6 is 15.9 Å². The highest BCUT2D eigenvalue weighted by Gasteiger charge is 2.63. The zero-order chi connectivity index (χ0) is 15.3. The van der Waals surface area contributed by atoms with Crippen molar-refractivity contribution in [2.75, 3.05) is 5.33 Å². The summed E-state index contributed by atoms with van der Waals surface area (Å²) in [4.78, 5) is 12.8. The second kappa shape index (κ2) is 5.08. The number of halogens is 1. The molecule has 0 aliphatic heterocycles. The van der Waals surface area contributed by atoms with Crippen molar-refractivity contribution in [2.45, 2.75) is 40.0 Å². The lowest BCUT2D eigenvalue weighted by Gasteiger charge is -2.31. The second-order valence-electron chi connectivity index (χ2n) is 7.25. The first-order chi connectivity index (χ1) is 9.90. The molecule has 3 rings (SSSR count). The molecule has 0 spiro atoms. The second-order valence-corrected chi connectivity index (χ2v) is 8.05. The minimum Gasteiger partial charge on any atom is -0.294 e. The number of fused-ring (bicyclic) bond motifs is 2. The molecule has 2 saturated carbocycles. The SMILES string of the molecule is CC12CCC(C(=Cc3ccc(CCBr)cc3)C1=O)C2(C)C. The van der Waals surface area contributed by atoms with Gasteiger partial charge in [-0.1, -0.05) is 61.0 Å². The fourth-order valence-corrected chi connectivity index (χ4v) is 4.62. The Morgan fingerprint density at radius 3 is 2.43 bits per heavy atom. The Labute approximate surface area is 136 Å². The monoisotopic (exact) mass is 346 g/mol. The lowest BCUT2D eigenvalue weighted by atomic mass is 9.70. The molecule has 2 fully saturated rings. The molecule has 0 heterocycles. The number of Topliss-reactive ketones (excluding diaryl/α,β-unsaturated/α-hetero) is 1. The highest BCUT2D eigenvalue weighted by atomic mass is 79.9. The molecule has 0 N–H and O–H groups in total. The summed E-state index contributed by atoms with van der Waals surface area (Å²) >= 11 is 3.47. The molecule has 0 saturated heterocycles. The fourth-order valence-electron chi connectivity index (χ4n) is 4.16. The van der Waals surface area contributed by atoms with Gasteiger partial charge in [-0.15, -0.1) is 0 Å². The van der Waals surface area contributed by atoms with Crippen molar-refractivity contribution < 1.29 is 4.79 Å². The van der Waals surface area contributed by atoms with Gasteiger partial charge in [0.15, 0.2) is 5.78 Å². The van der Waals surface area contributed by atoms with Gasteiger partial charge < -0.3 is 0 Å². The van der Waals surface area contributed by atoms with Gasteiger partial charge in [-0.2, -0.15) is 0 Å². The van der Waals surface area contributed by atoms with Crippen molar-refractivity contribution in [3.8, 4) is 0 Å². The van der Waals surface area contributed by atoms with Crippen LogP contribution in [0.15, 0.2) is 29.8 Å². The Kier molecular flexibility index (Phi) is 3.64. The Morgan fingerprint density at radius 1 is 1.24 bits per heavy atom. The van der Waals surface area contributed by atoms with Crippen molar-refractivity contribution in [3.63, 3.8) is 0 Å². The van der Waals surface area contributed by atoms with Crippen LogP contribution < -0.4 is 0 Å². The van der Waals surface area contributed by atoms with E-state index in [2.05, 4.69) is 67.0 Å². The van der Waals surface area contributed by atoms with E-state index < -0.39 is 0 Å². The molecule has 1 nitrogen and oxygen atoms in total. The van der Waals surface area contributed by atoms with Gasteiger partial charge in [-0.05, 0) is 53.4 Å². The highest BCUT2D eigenvalue weighted by Crippen LogP contribution is 2.65. The zero-order valence-electron chi connectivity index (χ0n) is 13.1. The van der Waals surface area contributed by atoms with Crippen LogP contribution in [0.5, 0.6) is 0 Å². The number of carbonyl (C=O) groups excluding carboxylic acids is 1.